The van der Waals surface area contributed by atoms with Gasteiger partial charge < -0.3 is 15.2 Å². The summed E-state index contributed by atoms with van der Waals surface area (Å²) in [5.41, 5.74) is 7.65. The van der Waals surface area contributed by atoms with Gasteiger partial charge in [0.1, 0.15) is 11.5 Å². The van der Waals surface area contributed by atoms with Crippen LogP contribution < -0.4 is 15.2 Å². The molecule has 0 aliphatic rings. The van der Waals surface area contributed by atoms with Gasteiger partial charge in [-0.05, 0) is 42.3 Å². The normalized spacial score (nSPS) is 12.8. The van der Waals surface area contributed by atoms with Crippen LogP contribution in [0.5, 0.6) is 11.5 Å². The van der Waals surface area contributed by atoms with Crippen LogP contribution in [0.3, 0.4) is 0 Å². The minimum absolute atomic E-state index is 0.268. The highest BCUT2D eigenvalue weighted by Crippen LogP contribution is 2.26. The van der Waals surface area contributed by atoms with E-state index in [0.717, 1.165) is 11.3 Å². The summed E-state index contributed by atoms with van der Waals surface area (Å²) in [5.74, 6) is 0.475. The highest BCUT2D eigenvalue weighted by Gasteiger charge is 2.31. The summed E-state index contributed by atoms with van der Waals surface area (Å²) in [6.45, 7) is 2.47. The molecule has 2 aromatic rings. The Balaban J connectivity index is 2.10. The first-order valence-electron chi connectivity index (χ1n) is 6.73. The summed E-state index contributed by atoms with van der Waals surface area (Å²) < 4.78 is 45.5. The molecule has 0 spiro atoms. The van der Waals surface area contributed by atoms with Gasteiger partial charge in [-0.15, -0.1) is 13.2 Å². The molecule has 0 aliphatic heterocycles. The van der Waals surface area contributed by atoms with E-state index in [4.69, 9.17) is 10.5 Å². The van der Waals surface area contributed by atoms with Crippen LogP contribution in [0.1, 0.15) is 24.1 Å². The molecule has 0 heterocycles. The van der Waals surface area contributed by atoms with Crippen LogP contribution in [-0.2, 0) is 0 Å². The lowest BCUT2D eigenvalue weighted by Crippen LogP contribution is -2.17. The Bertz CT molecular complexity index is 594. The second-order valence-electron chi connectivity index (χ2n) is 4.60. The van der Waals surface area contributed by atoms with Crippen molar-refractivity contribution in [3.8, 4) is 11.5 Å². The summed E-state index contributed by atoms with van der Waals surface area (Å²) >= 11 is 0. The van der Waals surface area contributed by atoms with Crippen molar-refractivity contribution in [2.75, 3.05) is 6.61 Å². The zero-order valence-corrected chi connectivity index (χ0v) is 11.9. The molecule has 0 fully saturated rings. The number of hydrogen-bond donors (Lipinski definition) is 1. The molecule has 0 saturated heterocycles. The Labute approximate surface area is 126 Å². The molecular weight excluding hydrogens is 295 g/mol. The van der Waals surface area contributed by atoms with Crippen molar-refractivity contribution < 1.29 is 22.6 Å². The largest absolute Gasteiger partial charge is 0.573 e. The standard InChI is InChI=1S/C16H16F3NO2/c1-2-21-13-7-3-11(4-8-13)15(20)12-5-9-14(10-6-12)22-16(17,18)19/h3-10,15H,2,20H2,1H3/t15-/m0/s1. The lowest BCUT2D eigenvalue weighted by Gasteiger charge is -2.14. The van der Waals surface area contributed by atoms with Crippen molar-refractivity contribution in [1.82, 2.24) is 0 Å². The smallest absolute Gasteiger partial charge is 0.494 e. The van der Waals surface area contributed by atoms with E-state index in [2.05, 4.69) is 4.74 Å². The Morgan fingerprint density at radius 3 is 1.77 bits per heavy atom. The maximum atomic E-state index is 12.1. The first kappa shape index (κ1) is 16.2. The average molecular weight is 311 g/mol. The van der Waals surface area contributed by atoms with Gasteiger partial charge in [0.2, 0.25) is 0 Å². The summed E-state index contributed by atoms with van der Waals surface area (Å²) in [5, 5.41) is 0. The topological polar surface area (TPSA) is 44.5 Å². The summed E-state index contributed by atoms with van der Waals surface area (Å²) in [4.78, 5) is 0. The summed E-state index contributed by atoms with van der Waals surface area (Å²) in [6, 6.07) is 12.4. The predicted molar refractivity (Wildman–Crippen MR) is 76.8 cm³/mol. The SMILES string of the molecule is CCOc1ccc([C@H](N)c2ccc(OC(F)(F)F)cc2)cc1. The van der Waals surface area contributed by atoms with Gasteiger partial charge in [0.25, 0.3) is 0 Å². The number of hydrogen-bond acceptors (Lipinski definition) is 3. The van der Waals surface area contributed by atoms with E-state index in [1.807, 2.05) is 19.1 Å². The van der Waals surface area contributed by atoms with Crippen LogP contribution in [0.25, 0.3) is 0 Å². The monoisotopic (exact) mass is 311 g/mol. The number of benzene rings is 2. The number of halogens is 3. The van der Waals surface area contributed by atoms with Crippen molar-refractivity contribution in [2.45, 2.75) is 19.3 Å². The van der Waals surface area contributed by atoms with E-state index in [-0.39, 0.29) is 5.75 Å². The second-order valence-corrected chi connectivity index (χ2v) is 4.60. The first-order valence-corrected chi connectivity index (χ1v) is 6.73. The average Bonchev–Trinajstić information content (AvgIpc) is 2.47. The Morgan fingerprint density at radius 1 is 0.909 bits per heavy atom. The third-order valence-corrected chi connectivity index (χ3v) is 3.02. The third-order valence-electron chi connectivity index (χ3n) is 3.02. The molecular formula is C16H16F3NO2. The van der Waals surface area contributed by atoms with E-state index in [0.29, 0.717) is 12.2 Å². The van der Waals surface area contributed by atoms with Gasteiger partial charge in [-0.2, -0.15) is 0 Å². The number of ether oxygens (including phenoxy) is 2. The molecule has 0 aromatic heterocycles. The van der Waals surface area contributed by atoms with Crippen molar-refractivity contribution in [3.63, 3.8) is 0 Å². The Kier molecular flexibility index (Phi) is 4.92. The molecule has 0 unspecified atom stereocenters. The van der Waals surface area contributed by atoms with Gasteiger partial charge in [-0.3, -0.25) is 0 Å². The minimum Gasteiger partial charge on any atom is -0.494 e. The van der Waals surface area contributed by atoms with Gasteiger partial charge >= 0.3 is 6.36 Å². The van der Waals surface area contributed by atoms with Crippen LogP contribution >= 0.6 is 0 Å². The molecule has 118 valence electrons. The molecule has 2 rings (SSSR count). The molecule has 0 aliphatic carbocycles. The summed E-state index contributed by atoms with van der Waals surface area (Å²) in [7, 11) is 0. The maximum absolute atomic E-state index is 12.1. The lowest BCUT2D eigenvalue weighted by atomic mass is 9.99. The quantitative estimate of drug-likeness (QED) is 0.906. The van der Waals surface area contributed by atoms with Crippen molar-refractivity contribution in [2.24, 2.45) is 5.73 Å². The highest BCUT2D eigenvalue weighted by molar-refractivity contribution is 5.37. The van der Waals surface area contributed by atoms with Gasteiger partial charge in [0.05, 0.1) is 12.6 Å². The second kappa shape index (κ2) is 6.70. The molecule has 0 amide bonds. The molecule has 22 heavy (non-hydrogen) atoms. The summed E-state index contributed by atoms with van der Waals surface area (Å²) in [6.07, 6.45) is -4.70. The highest BCUT2D eigenvalue weighted by atomic mass is 19.4. The third kappa shape index (κ3) is 4.39. The lowest BCUT2D eigenvalue weighted by molar-refractivity contribution is -0.274. The van der Waals surface area contributed by atoms with E-state index in [1.165, 1.54) is 24.3 Å². The molecule has 3 nitrogen and oxygen atoms in total. The van der Waals surface area contributed by atoms with Crippen LogP contribution in [0, 0.1) is 0 Å². The first-order chi connectivity index (χ1) is 10.4. The van der Waals surface area contributed by atoms with E-state index < -0.39 is 12.4 Å². The van der Waals surface area contributed by atoms with Gasteiger partial charge in [-0.25, -0.2) is 0 Å². The number of rotatable bonds is 5. The van der Waals surface area contributed by atoms with Crippen LogP contribution in [-0.4, -0.2) is 13.0 Å². The van der Waals surface area contributed by atoms with Crippen LogP contribution in [0.15, 0.2) is 48.5 Å². The molecule has 6 heteroatoms. The van der Waals surface area contributed by atoms with E-state index in [9.17, 15) is 13.2 Å². The molecule has 2 N–H and O–H groups in total. The van der Waals surface area contributed by atoms with Crippen molar-refractivity contribution in [3.05, 3.63) is 59.7 Å². The van der Waals surface area contributed by atoms with Gasteiger partial charge in [0, 0.05) is 0 Å². The van der Waals surface area contributed by atoms with Gasteiger partial charge in [-0.1, -0.05) is 24.3 Å². The van der Waals surface area contributed by atoms with Gasteiger partial charge in [0.15, 0.2) is 0 Å². The van der Waals surface area contributed by atoms with Crippen LogP contribution in [0.2, 0.25) is 0 Å². The molecule has 2 aromatic carbocycles. The molecule has 1 atom stereocenters. The maximum Gasteiger partial charge on any atom is 0.573 e. The molecule has 0 radical (unpaired) electrons. The Morgan fingerprint density at radius 2 is 1.36 bits per heavy atom. The van der Waals surface area contributed by atoms with E-state index >= 15 is 0 Å². The molecule has 0 saturated carbocycles. The fourth-order valence-corrected chi connectivity index (χ4v) is 2.01. The zero-order chi connectivity index (χ0) is 16.2. The number of alkyl halides is 3. The number of nitrogens with two attached hydrogens (primary N) is 1. The predicted octanol–water partition coefficient (Wildman–Crippen LogP) is 4.03. The van der Waals surface area contributed by atoms with Crippen LogP contribution in [0.4, 0.5) is 13.2 Å². The fraction of sp³-hybridized carbons (Fsp3) is 0.250. The molecule has 0 bridgehead atoms. The zero-order valence-electron chi connectivity index (χ0n) is 11.9. The van der Waals surface area contributed by atoms with E-state index in [1.54, 1.807) is 12.1 Å². The van der Waals surface area contributed by atoms with Crippen molar-refractivity contribution >= 4 is 0 Å². The van der Waals surface area contributed by atoms with Crippen molar-refractivity contribution in [1.29, 1.82) is 0 Å². The Hall–Kier alpha value is -2.21. The fourth-order valence-electron chi connectivity index (χ4n) is 2.01. The minimum atomic E-state index is -4.70.